The average Bonchev–Trinajstić information content (AvgIpc) is 2.95. The van der Waals surface area contributed by atoms with Gasteiger partial charge in [0.1, 0.15) is 5.70 Å². The molecule has 0 bridgehead atoms. The summed E-state index contributed by atoms with van der Waals surface area (Å²) in [5.41, 5.74) is 4.52. The van der Waals surface area contributed by atoms with Crippen LogP contribution in [0.15, 0.2) is 108 Å². The number of carbonyl (C=O) groups is 3. The van der Waals surface area contributed by atoms with E-state index in [9.17, 15) is 14.4 Å². The lowest BCUT2D eigenvalue weighted by molar-refractivity contribution is -0.114. The highest BCUT2D eigenvalue weighted by atomic mass is 35.5. The number of halogens is 1. The Kier molecular flexibility index (Phi) is 9.78. The van der Waals surface area contributed by atoms with Gasteiger partial charge < -0.3 is 16.0 Å². The summed E-state index contributed by atoms with van der Waals surface area (Å²) in [6.45, 7) is 3.88. The van der Waals surface area contributed by atoms with E-state index in [1.54, 1.807) is 60.7 Å². The van der Waals surface area contributed by atoms with Gasteiger partial charge in [-0.05, 0) is 73.5 Å². The first-order chi connectivity index (χ1) is 19.3. The van der Waals surface area contributed by atoms with Gasteiger partial charge in [-0.25, -0.2) is 0 Å². The molecule has 0 aliphatic rings. The number of hydrogen-bond donors (Lipinski definition) is 3. The molecule has 0 atom stereocenters. The molecule has 202 valence electrons. The van der Waals surface area contributed by atoms with Crippen molar-refractivity contribution in [1.29, 1.82) is 0 Å². The standard InChI is InChI=1S/C32H28ClN3O3S/c1-21-11-14-23(15-12-21)17-29(36-31(38)24-7-4-3-5-8-24)32(39)34-26-9-6-10-27(19-26)40-20-30(37)35-28-18-25(33)16-13-22(28)2/h3-19H,20H2,1-2H3,(H,34,39)(H,35,37)(H,36,38)/b29-17+. The number of thioether (sulfide) groups is 1. The molecule has 0 heterocycles. The van der Waals surface area contributed by atoms with Gasteiger partial charge in [0.25, 0.3) is 11.8 Å². The molecule has 4 aromatic rings. The van der Waals surface area contributed by atoms with Crippen molar-refractivity contribution in [3.63, 3.8) is 0 Å². The molecule has 0 aromatic heterocycles. The molecule has 6 nitrogen and oxygen atoms in total. The second kappa shape index (κ2) is 13.6. The first-order valence-corrected chi connectivity index (χ1v) is 13.9. The fraction of sp³-hybridized carbons (Fsp3) is 0.0938. The summed E-state index contributed by atoms with van der Waals surface area (Å²) in [5, 5.41) is 9.04. The first-order valence-electron chi connectivity index (χ1n) is 12.5. The largest absolute Gasteiger partial charge is 0.325 e. The fourth-order valence-electron chi connectivity index (χ4n) is 3.70. The second-order valence-electron chi connectivity index (χ2n) is 9.07. The van der Waals surface area contributed by atoms with Gasteiger partial charge in [0, 0.05) is 26.9 Å². The van der Waals surface area contributed by atoms with E-state index in [4.69, 9.17) is 11.6 Å². The Bertz CT molecular complexity index is 1550. The minimum absolute atomic E-state index is 0.104. The molecule has 0 spiro atoms. The summed E-state index contributed by atoms with van der Waals surface area (Å²) < 4.78 is 0. The second-order valence-corrected chi connectivity index (χ2v) is 10.6. The molecule has 4 rings (SSSR count). The summed E-state index contributed by atoms with van der Waals surface area (Å²) in [7, 11) is 0. The zero-order chi connectivity index (χ0) is 28.5. The molecule has 0 fully saturated rings. The summed E-state index contributed by atoms with van der Waals surface area (Å²) >= 11 is 7.39. The Balaban J connectivity index is 1.45. The monoisotopic (exact) mass is 569 g/mol. The normalized spacial score (nSPS) is 11.0. The first kappa shape index (κ1) is 28.7. The van der Waals surface area contributed by atoms with Gasteiger partial charge in [-0.15, -0.1) is 11.8 Å². The zero-order valence-electron chi connectivity index (χ0n) is 22.0. The van der Waals surface area contributed by atoms with Gasteiger partial charge in [-0.3, -0.25) is 14.4 Å². The maximum atomic E-state index is 13.3. The lowest BCUT2D eigenvalue weighted by atomic mass is 10.1. The molecular formula is C32H28ClN3O3S. The highest BCUT2D eigenvalue weighted by Gasteiger charge is 2.15. The average molecular weight is 570 g/mol. The number of hydrogen-bond acceptors (Lipinski definition) is 4. The SMILES string of the molecule is Cc1ccc(/C=C(/NC(=O)c2ccccc2)C(=O)Nc2cccc(SCC(=O)Nc3cc(Cl)ccc3C)c2)cc1. The Hall–Kier alpha value is -4.33. The molecule has 0 unspecified atom stereocenters. The molecule has 0 aliphatic carbocycles. The highest BCUT2D eigenvalue weighted by Crippen LogP contribution is 2.24. The minimum Gasteiger partial charge on any atom is -0.325 e. The van der Waals surface area contributed by atoms with Crippen LogP contribution in [0.2, 0.25) is 5.02 Å². The molecule has 0 saturated carbocycles. The van der Waals surface area contributed by atoms with Gasteiger partial charge in [0.15, 0.2) is 0 Å². The molecule has 3 N–H and O–H groups in total. The van der Waals surface area contributed by atoms with Crippen molar-refractivity contribution in [3.8, 4) is 0 Å². The number of rotatable bonds is 9. The predicted octanol–water partition coefficient (Wildman–Crippen LogP) is 7.10. The number of amides is 3. The molecule has 4 aromatic carbocycles. The smallest absolute Gasteiger partial charge is 0.272 e. The van der Waals surface area contributed by atoms with Crippen LogP contribution in [-0.2, 0) is 9.59 Å². The van der Waals surface area contributed by atoms with Crippen molar-refractivity contribution in [1.82, 2.24) is 5.32 Å². The van der Waals surface area contributed by atoms with E-state index in [0.717, 1.165) is 21.6 Å². The van der Waals surface area contributed by atoms with Crippen molar-refractivity contribution < 1.29 is 14.4 Å². The van der Waals surface area contributed by atoms with E-state index in [0.29, 0.717) is 22.0 Å². The van der Waals surface area contributed by atoms with Crippen LogP contribution in [0.4, 0.5) is 11.4 Å². The van der Waals surface area contributed by atoms with Crippen molar-refractivity contribution in [3.05, 3.63) is 130 Å². The van der Waals surface area contributed by atoms with Gasteiger partial charge in [-0.1, -0.05) is 71.8 Å². The van der Waals surface area contributed by atoms with Crippen LogP contribution >= 0.6 is 23.4 Å². The number of benzene rings is 4. The van der Waals surface area contributed by atoms with Crippen molar-refractivity contribution in [2.24, 2.45) is 0 Å². The van der Waals surface area contributed by atoms with Crippen LogP contribution in [0.3, 0.4) is 0 Å². The highest BCUT2D eigenvalue weighted by molar-refractivity contribution is 8.00. The van der Waals surface area contributed by atoms with E-state index in [1.807, 2.05) is 56.3 Å². The lowest BCUT2D eigenvalue weighted by Crippen LogP contribution is -2.30. The van der Waals surface area contributed by atoms with Crippen LogP contribution < -0.4 is 16.0 Å². The third kappa shape index (κ3) is 8.33. The third-order valence-corrected chi connectivity index (χ3v) is 7.08. The van der Waals surface area contributed by atoms with Crippen LogP contribution in [0.5, 0.6) is 0 Å². The van der Waals surface area contributed by atoms with Gasteiger partial charge in [0.2, 0.25) is 5.91 Å². The van der Waals surface area contributed by atoms with Crippen molar-refractivity contribution in [2.75, 3.05) is 16.4 Å². The van der Waals surface area contributed by atoms with Crippen molar-refractivity contribution in [2.45, 2.75) is 18.7 Å². The molecule has 8 heteroatoms. The maximum absolute atomic E-state index is 13.3. The fourth-order valence-corrected chi connectivity index (χ4v) is 4.63. The number of nitrogens with one attached hydrogen (secondary N) is 3. The van der Waals surface area contributed by atoms with Crippen LogP contribution in [0.1, 0.15) is 27.0 Å². The van der Waals surface area contributed by atoms with E-state index in [2.05, 4.69) is 16.0 Å². The third-order valence-electron chi connectivity index (χ3n) is 5.85. The Labute approximate surface area is 242 Å². The molecule has 0 radical (unpaired) electrons. The summed E-state index contributed by atoms with van der Waals surface area (Å²) in [5.74, 6) is -0.855. The number of carbonyl (C=O) groups excluding carboxylic acids is 3. The number of aryl methyl sites for hydroxylation is 2. The molecule has 40 heavy (non-hydrogen) atoms. The van der Waals surface area contributed by atoms with Gasteiger partial charge in [0.05, 0.1) is 5.75 Å². The molecule has 0 saturated heterocycles. The Morgan fingerprint density at radius 2 is 1.57 bits per heavy atom. The Morgan fingerprint density at radius 1 is 0.825 bits per heavy atom. The summed E-state index contributed by atoms with van der Waals surface area (Å²) in [6, 6.07) is 28.9. The van der Waals surface area contributed by atoms with E-state index >= 15 is 0 Å². The minimum atomic E-state index is -0.471. The van der Waals surface area contributed by atoms with Crippen molar-refractivity contribution >= 4 is 58.5 Å². The Morgan fingerprint density at radius 3 is 2.33 bits per heavy atom. The lowest BCUT2D eigenvalue weighted by Gasteiger charge is -2.12. The van der Waals surface area contributed by atoms with Crippen LogP contribution in [-0.4, -0.2) is 23.5 Å². The topological polar surface area (TPSA) is 87.3 Å². The van der Waals surface area contributed by atoms with Crippen LogP contribution in [0, 0.1) is 13.8 Å². The van der Waals surface area contributed by atoms with E-state index in [-0.39, 0.29) is 23.3 Å². The van der Waals surface area contributed by atoms with E-state index < -0.39 is 5.91 Å². The molecule has 3 amide bonds. The predicted molar refractivity (Wildman–Crippen MR) is 164 cm³/mol. The van der Waals surface area contributed by atoms with Crippen LogP contribution in [0.25, 0.3) is 6.08 Å². The molecule has 0 aliphatic heterocycles. The summed E-state index contributed by atoms with van der Waals surface area (Å²) in [4.78, 5) is 39.5. The quantitative estimate of drug-likeness (QED) is 0.148. The summed E-state index contributed by atoms with van der Waals surface area (Å²) in [6.07, 6.45) is 1.64. The van der Waals surface area contributed by atoms with Gasteiger partial charge >= 0.3 is 0 Å². The van der Waals surface area contributed by atoms with Gasteiger partial charge in [-0.2, -0.15) is 0 Å². The molecular weight excluding hydrogens is 542 g/mol. The zero-order valence-corrected chi connectivity index (χ0v) is 23.6. The maximum Gasteiger partial charge on any atom is 0.272 e. The number of anilines is 2. The van der Waals surface area contributed by atoms with E-state index in [1.165, 1.54) is 11.8 Å².